The second-order valence-corrected chi connectivity index (χ2v) is 9.51. The molecule has 0 aliphatic carbocycles. The average molecular weight is 429 g/mol. The molecule has 0 radical (unpaired) electrons. The number of sulfonamides is 1. The predicted octanol–water partition coefficient (Wildman–Crippen LogP) is 3.73. The Morgan fingerprint density at radius 2 is 1.63 bits per heavy atom. The third-order valence-corrected chi connectivity index (χ3v) is 7.31. The molecule has 6 nitrogen and oxygen atoms in total. The number of halogens is 2. The molecule has 0 N–H and O–H groups in total. The molecule has 0 spiro atoms. The molecule has 0 bridgehead atoms. The maximum Gasteiger partial charge on any atom is 0.246 e. The second kappa shape index (κ2) is 7.91. The van der Waals surface area contributed by atoms with Gasteiger partial charge in [-0.15, -0.1) is 0 Å². The molecule has 9 heteroatoms. The van der Waals surface area contributed by atoms with Crippen molar-refractivity contribution < 1.29 is 8.42 Å². The van der Waals surface area contributed by atoms with Crippen LogP contribution in [0.15, 0.2) is 29.2 Å². The van der Waals surface area contributed by atoms with Crippen molar-refractivity contribution in [2.75, 3.05) is 31.1 Å². The Labute approximate surface area is 170 Å². The monoisotopic (exact) mass is 428 g/mol. The smallest absolute Gasteiger partial charge is 0.246 e. The first-order chi connectivity index (χ1) is 12.7. The molecule has 1 saturated heterocycles. The summed E-state index contributed by atoms with van der Waals surface area (Å²) in [4.78, 5) is 11.2. The van der Waals surface area contributed by atoms with Gasteiger partial charge in [0.1, 0.15) is 16.5 Å². The molecule has 2 aromatic rings. The Morgan fingerprint density at radius 1 is 1.04 bits per heavy atom. The van der Waals surface area contributed by atoms with Crippen LogP contribution in [0, 0.1) is 6.92 Å². The fourth-order valence-corrected chi connectivity index (χ4v) is 5.52. The van der Waals surface area contributed by atoms with E-state index in [0.717, 1.165) is 17.3 Å². The molecule has 1 aliphatic heterocycles. The van der Waals surface area contributed by atoms with Gasteiger partial charge in [-0.3, -0.25) is 0 Å². The summed E-state index contributed by atoms with van der Waals surface area (Å²) in [5, 5.41) is 0.274. The van der Waals surface area contributed by atoms with E-state index in [1.165, 1.54) is 16.4 Å². The van der Waals surface area contributed by atoms with Gasteiger partial charge >= 0.3 is 0 Å². The summed E-state index contributed by atoms with van der Waals surface area (Å²) in [6.07, 6.45) is 0. The highest BCUT2D eigenvalue weighted by Gasteiger charge is 2.32. The van der Waals surface area contributed by atoms with Gasteiger partial charge < -0.3 is 4.90 Å². The summed E-state index contributed by atoms with van der Waals surface area (Å²) < 4.78 is 27.4. The van der Waals surface area contributed by atoms with Crippen molar-refractivity contribution in [1.82, 2.24) is 14.3 Å². The van der Waals surface area contributed by atoms with Crippen LogP contribution in [0.1, 0.15) is 31.3 Å². The number of aryl methyl sites for hydroxylation is 1. The topological polar surface area (TPSA) is 66.4 Å². The third kappa shape index (κ3) is 4.21. The number of hydrogen-bond acceptors (Lipinski definition) is 5. The van der Waals surface area contributed by atoms with E-state index >= 15 is 0 Å². The van der Waals surface area contributed by atoms with Crippen molar-refractivity contribution >= 4 is 39.0 Å². The van der Waals surface area contributed by atoms with E-state index in [1.54, 1.807) is 6.07 Å². The minimum atomic E-state index is -3.75. The highest BCUT2D eigenvalue weighted by molar-refractivity contribution is 7.89. The summed E-state index contributed by atoms with van der Waals surface area (Å²) in [7, 11) is -3.75. The fourth-order valence-electron chi connectivity index (χ4n) is 3.01. The summed E-state index contributed by atoms with van der Waals surface area (Å²) >= 11 is 12.2. The largest absolute Gasteiger partial charge is 0.354 e. The lowest BCUT2D eigenvalue weighted by molar-refractivity contribution is 0.383. The molecule has 3 rings (SSSR count). The normalized spacial score (nSPS) is 16.1. The van der Waals surface area contributed by atoms with Crippen LogP contribution in [0.2, 0.25) is 10.0 Å². The van der Waals surface area contributed by atoms with Gasteiger partial charge in [0.15, 0.2) is 0 Å². The summed E-state index contributed by atoms with van der Waals surface area (Å²) in [6, 6.07) is 6.63. The second-order valence-electron chi connectivity index (χ2n) is 6.82. The number of nitrogens with zero attached hydrogens (tertiary/aromatic N) is 4. The van der Waals surface area contributed by atoms with Crippen LogP contribution in [-0.2, 0) is 10.0 Å². The molecule has 0 atom stereocenters. The van der Waals surface area contributed by atoms with Crippen molar-refractivity contribution in [2.24, 2.45) is 0 Å². The highest BCUT2D eigenvalue weighted by atomic mass is 35.5. The van der Waals surface area contributed by atoms with Crippen LogP contribution >= 0.6 is 23.2 Å². The number of anilines is 1. The molecule has 0 amide bonds. The number of hydrogen-bond donors (Lipinski definition) is 0. The van der Waals surface area contributed by atoms with E-state index in [9.17, 15) is 8.42 Å². The predicted molar refractivity (Wildman–Crippen MR) is 108 cm³/mol. The van der Waals surface area contributed by atoms with Gasteiger partial charge in [-0.2, -0.15) is 4.31 Å². The van der Waals surface area contributed by atoms with Crippen LogP contribution in [0.4, 0.5) is 5.82 Å². The summed E-state index contributed by atoms with van der Waals surface area (Å²) in [5.41, 5.74) is 0.904. The lowest BCUT2D eigenvalue weighted by Gasteiger charge is -2.35. The maximum atomic E-state index is 13.0. The van der Waals surface area contributed by atoms with E-state index in [-0.39, 0.29) is 20.9 Å². The van der Waals surface area contributed by atoms with Crippen LogP contribution in [0.5, 0.6) is 0 Å². The Hall–Kier alpha value is -1.41. The minimum absolute atomic E-state index is 0.0262. The Bertz CT molecular complexity index is 922. The summed E-state index contributed by atoms with van der Waals surface area (Å²) in [5.74, 6) is 1.86. The standard InChI is InChI=1S/C18H22Cl2N4O2S/c1-12(2)18-21-13(3)11-16(22-18)23-7-9-24(10-8-23)27(25,26)17-14(19)5-4-6-15(17)20/h4-6,11-12H,7-10H2,1-3H3. The highest BCUT2D eigenvalue weighted by Crippen LogP contribution is 2.32. The zero-order valence-electron chi connectivity index (χ0n) is 15.5. The first-order valence-corrected chi connectivity index (χ1v) is 10.9. The van der Waals surface area contributed by atoms with E-state index in [1.807, 2.05) is 13.0 Å². The maximum absolute atomic E-state index is 13.0. The number of benzene rings is 1. The molecule has 1 aromatic heterocycles. The van der Waals surface area contributed by atoms with Gasteiger partial charge in [-0.25, -0.2) is 18.4 Å². The first kappa shape index (κ1) is 20.3. The number of rotatable bonds is 4. The van der Waals surface area contributed by atoms with Crippen LogP contribution in [0.25, 0.3) is 0 Å². The van der Waals surface area contributed by atoms with Crippen molar-refractivity contribution in [3.05, 3.63) is 45.8 Å². The third-order valence-electron chi connectivity index (χ3n) is 4.45. The summed E-state index contributed by atoms with van der Waals surface area (Å²) in [6.45, 7) is 7.79. The lowest BCUT2D eigenvalue weighted by Crippen LogP contribution is -2.49. The Balaban J connectivity index is 1.80. The van der Waals surface area contributed by atoms with Crippen molar-refractivity contribution in [2.45, 2.75) is 31.6 Å². The van der Waals surface area contributed by atoms with E-state index in [4.69, 9.17) is 23.2 Å². The molecule has 1 aliphatic rings. The average Bonchev–Trinajstić information content (AvgIpc) is 2.61. The van der Waals surface area contributed by atoms with Crippen molar-refractivity contribution in [3.63, 3.8) is 0 Å². The van der Waals surface area contributed by atoms with Crippen LogP contribution in [0.3, 0.4) is 0 Å². The molecule has 0 unspecified atom stereocenters. The molecule has 27 heavy (non-hydrogen) atoms. The van der Waals surface area contributed by atoms with Gasteiger partial charge in [0.25, 0.3) is 0 Å². The number of aromatic nitrogens is 2. The van der Waals surface area contributed by atoms with Gasteiger partial charge in [-0.05, 0) is 19.1 Å². The minimum Gasteiger partial charge on any atom is -0.354 e. The molecular formula is C18H22Cl2N4O2S. The molecular weight excluding hydrogens is 407 g/mol. The van der Waals surface area contributed by atoms with Crippen molar-refractivity contribution in [1.29, 1.82) is 0 Å². The van der Waals surface area contributed by atoms with E-state index in [0.29, 0.717) is 26.2 Å². The SMILES string of the molecule is Cc1cc(N2CCN(S(=O)(=O)c3c(Cl)cccc3Cl)CC2)nc(C(C)C)n1. The lowest BCUT2D eigenvalue weighted by atomic mass is 10.2. The quantitative estimate of drug-likeness (QED) is 0.741. The van der Waals surface area contributed by atoms with E-state index in [2.05, 4.69) is 28.7 Å². The molecule has 2 heterocycles. The molecule has 146 valence electrons. The molecule has 1 aromatic carbocycles. The Morgan fingerprint density at radius 3 is 2.19 bits per heavy atom. The zero-order valence-corrected chi connectivity index (χ0v) is 17.8. The first-order valence-electron chi connectivity index (χ1n) is 8.75. The van der Waals surface area contributed by atoms with Gasteiger partial charge in [-0.1, -0.05) is 43.1 Å². The fraction of sp³-hybridized carbons (Fsp3) is 0.444. The van der Waals surface area contributed by atoms with Crippen LogP contribution in [-0.4, -0.2) is 48.9 Å². The van der Waals surface area contributed by atoms with Gasteiger partial charge in [0.2, 0.25) is 10.0 Å². The molecule has 1 fully saturated rings. The van der Waals surface area contributed by atoms with Gasteiger partial charge in [0.05, 0.1) is 10.0 Å². The van der Waals surface area contributed by atoms with E-state index < -0.39 is 10.0 Å². The Kier molecular flexibility index (Phi) is 5.96. The van der Waals surface area contributed by atoms with Crippen molar-refractivity contribution in [3.8, 4) is 0 Å². The van der Waals surface area contributed by atoms with Gasteiger partial charge in [0, 0.05) is 43.9 Å². The molecule has 0 saturated carbocycles. The number of piperazine rings is 1. The zero-order chi connectivity index (χ0) is 19.8. The van der Waals surface area contributed by atoms with Crippen LogP contribution < -0.4 is 4.90 Å².